The van der Waals surface area contributed by atoms with Crippen LogP contribution < -0.4 is 5.32 Å². The third-order valence-corrected chi connectivity index (χ3v) is 2.59. The van der Waals surface area contributed by atoms with Crippen LogP contribution in [0.2, 0.25) is 0 Å². The highest BCUT2D eigenvalue weighted by atomic mass is 19.1. The minimum atomic E-state index is -1.82. The Morgan fingerprint density at radius 1 is 1.09 bits per heavy atom. The molecule has 22 heavy (non-hydrogen) atoms. The molecule has 0 fully saturated rings. The smallest absolute Gasteiger partial charge is 0.414 e. The molecule has 1 aromatic heterocycles. The van der Waals surface area contributed by atoms with Crippen molar-refractivity contribution in [3.63, 3.8) is 0 Å². The number of benzene rings is 1. The molecule has 0 saturated heterocycles. The minimum absolute atomic E-state index is 0.137. The van der Waals surface area contributed by atoms with Crippen molar-refractivity contribution in [1.82, 2.24) is 5.32 Å². The van der Waals surface area contributed by atoms with Gasteiger partial charge in [0.25, 0.3) is 0 Å². The van der Waals surface area contributed by atoms with Crippen LogP contribution in [0.15, 0.2) is 47.1 Å². The Hall–Kier alpha value is -2.67. The fraction of sp³-hybridized carbons (Fsp3) is 0.200. The van der Waals surface area contributed by atoms with Gasteiger partial charge in [0.1, 0.15) is 11.6 Å². The van der Waals surface area contributed by atoms with Gasteiger partial charge in [-0.25, -0.2) is 14.0 Å². The second-order valence-corrected chi connectivity index (χ2v) is 4.21. The molecule has 0 aliphatic heterocycles. The van der Waals surface area contributed by atoms with Crippen LogP contribution in [0.25, 0.3) is 0 Å². The average Bonchev–Trinajstić information content (AvgIpc) is 2.99. The molecule has 3 N–H and O–H groups in total. The summed E-state index contributed by atoms with van der Waals surface area (Å²) in [5.74, 6) is -2.89. The van der Waals surface area contributed by atoms with Crippen LogP contribution in [-0.4, -0.2) is 28.7 Å². The zero-order valence-electron chi connectivity index (χ0n) is 11.7. The third kappa shape index (κ3) is 6.67. The number of carboxylic acids is 2. The van der Waals surface area contributed by atoms with Gasteiger partial charge in [-0.05, 0) is 36.7 Å². The summed E-state index contributed by atoms with van der Waals surface area (Å²) in [6.07, 6.45) is 2.33. The molecule has 0 aliphatic carbocycles. The molecule has 0 aliphatic rings. The zero-order chi connectivity index (χ0) is 16.4. The predicted octanol–water partition coefficient (Wildman–Crippen LogP) is 1.91. The summed E-state index contributed by atoms with van der Waals surface area (Å²) in [6.45, 7) is 1.42. The van der Waals surface area contributed by atoms with Crippen molar-refractivity contribution >= 4 is 11.9 Å². The molecule has 0 bridgehead atoms. The number of hydrogen-bond donors (Lipinski definition) is 3. The van der Waals surface area contributed by atoms with E-state index in [1.165, 1.54) is 6.07 Å². The highest BCUT2D eigenvalue weighted by Crippen LogP contribution is 2.06. The van der Waals surface area contributed by atoms with Crippen LogP contribution in [0.4, 0.5) is 4.39 Å². The Balaban J connectivity index is 0.000000346. The molecule has 2 aromatic rings. The van der Waals surface area contributed by atoms with Gasteiger partial charge in [0.2, 0.25) is 0 Å². The van der Waals surface area contributed by atoms with Crippen LogP contribution >= 0.6 is 0 Å². The Bertz CT molecular complexity index is 586. The number of furan rings is 1. The van der Waals surface area contributed by atoms with E-state index in [-0.39, 0.29) is 5.82 Å². The zero-order valence-corrected chi connectivity index (χ0v) is 11.7. The highest BCUT2D eigenvalue weighted by molar-refractivity contribution is 6.27. The van der Waals surface area contributed by atoms with Crippen molar-refractivity contribution in [2.24, 2.45) is 0 Å². The summed E-state index contributed by atoms with van der Waals surface area (Å²) in [7, 11) is 0. The van der Waals surface area contributed by atoms with Gasteiger partial charge >= 0.3 is 11.9 Å². The number of nitrogens with one attached hydrogen (secondary N) is 1. The molecule has 6 nitrogen and oxygen atoms in total. The van der Waals surface area contributed by atoms with Gasteiger partial charge in [-0.3, -0.25) is 0 Å². The van der Waals surface area contributed by atoms with E-state index in [9.17, 15) is 4.39 Å². The fourth-order valence-electron chi connectivity index (χ4n) is 1.55. The molecule has 0 saturated carbocycles. The molecule has 0 spiro atoms. The van der Waals surface area contributed by atoms with E-state index in [2.05, 4.69) is 5.32 Å². The molecular weight excluding hydrogens is 293 g/mol. The van der Waals surface area contributed by atoms with Gasteiger partial charge in [-0.1, -0.05) is 18.2 Å². The number of carbonyl (C=O) groups is 2. The van der Waals surface area contributed by atoms with Crippen molar-refractivity contribution < 1.29 is 28.6 Å². The van der Waals surface area contributed by atoms with Crippen molar-refractivity contribution in [1.29, 1.82) is 0 Å². The van der Waals surface area contributed by atoms with Crippen LogP contribution in [0.3, 0.4) is 0 Å². The summed E-state index contributed by atoms with van der Waals surface area (Å²) < 4.78 is 18.4. The molecule has 7 heteroatoms. The van der Waals surface area contributed by atoms with Gasteiger partial charge in [0, 0.05) is 0 Å². The maximum absolute atomic E-state index is 13.2. The molecule has 0 radical (unpaired) electrons. The number of rotatable bonds is 5. The second-order valence-electron chi connectivity index (χ2n) is 4.21. The molecule has 118 valence electrons. The van der Waals surface area contributed by atoms with E-state index in [1.807, 2.05) is 24.3 Å². The van der Waals surface area contributed by atoms with Crippen molar-refractivity contribution in [2.75, 3.05) is 6.54 Å². The number of hydrogen-bond acceptors (Lipinski definition) is 4. The van der Waals surface area contributed by atoms with Crippen molar-refractivity contribution in [2.45, 2.75) is 13.0 Å². The normalized spacial score (nSPS) is 9.68. The van der Waals surface area contributed by atoms with Gasteiger partial charge in [0.05, 0.1) is 12.8 Å². The lowest BCUT2D eigenvalue weighted by Gasteiger charge is -2.04. The summed E-state index contributed by atoms with van der Waals surface area (Å²) in [5.41, 5.74) is 0.745. The first-order valence-corrected chi connectivity index (χ1v) is 6.43. The van der Waals surface area contributed by atoms with Crippen LogP contribution in [0, 0.1) is 5.82 Å². The van der Waals surface area contributed by atoms with Gasteiger partial charge in [-0.2, -0.15) is 0 Å². The summed E-state index contributed by atoms with van der Waals surface area (Å²) in [5, 5.41) is 18.0. The van der Waals surface area contributed by atoms with E-state index in [4.69, 9.17) is 24.2 Å². The first kappa shape index (κ1) is 17.4. The minimum Gasteiger partial charge on any atom is -0.473 e. The Labute approximate surface area is 126 Å². The number of aliphatic carboxylic acids is 2. The van der Waals surface area contributed by atoms with Crippen molar-refractivity contribution in [3.05, 3.63) is 59.8 Å². The molecule has 1 heterocycles. The molecular formula is C15H16FNO5. The standard InChI is InChI=1S/C13H14FNO.C2H2O4/c14-13-6-2-1-4-11(13)7-8-15-10-12-5-3-9-16-12;3-1(4)2(5)6/h1-6,9,15H,7-8,10H2;(H,3,4)(H,5,6). The van der Waals surface area contributed by atoms with E-state index < -0.39 is 11.9 Å². The van der Waals surface area contributed by atoms with Gasteiger partial charge < -0.3 is 19.9 Å². The van der Waals surface area contributed by atoms with E-state index in [1.54, 1.807) is 12.3 Å². The van der Waals surface area contributed by atoms with Gasteiger partial charge in [-0.15, -0.1) is 0 Å². The predicted molar refractivity (Wildman–Crippen MR) is 75.8 cm³/mol. The summed E-state index contributed by atoms with van der Waals surface area (Å²) in [6, 6.07) is 10.6. The van der Waals surface area contributed by atoms with Gasteiger partial charge in [0.15, 0.2) is 0 Å². The van der Waals surface area contributed by atoms with E-state index in [0.717, 1.165) is 17.9 Å². The highest BCUT2D eigenvalue weighted by Gasteiger charge is 2.04. The average molecular weight is 309 g/mol. The molecule has 2 rings (SSSR count). The lowest BCUT2D eigenvalue weighted by atomic mass is 10.1. The maximum atomic E-state index is 13.2. The van der Waals surface area contributed by atoms with Crippen LogP contribution in [-0.2, 0) is 22.6 Å². The summed E-state index contributed by atoms with van der Waals surface area (Å²) >= 11 is 0. The fourth-order valence-corrected chi connectivity index (χ4v) is 1.55. The lowest BCUT2D eigenvalue weighted by Crippen LogP contribution is -2.16. The molecule has 0 amide bonds. The van der Waals surface area contributed by atoms with Crippen molar-refractivity contribution in [3.8, 4) is 0 Å². The first-order chi connectivity index (χ1) is 10.5. The third-order valence-electron chi connectivity index (χ3n) is 2.59. The summed E-state index contributed by atoms with van der Waals surface area (Å²) in [4.78, 5) is 18.2. The second kappa shape index (κ2) is 9.30. The quantitative estimate of drug-likeness (QED) is 0.576. The first-order valence-electron chi connectivity index (χ1n) is 6.43. The van der Waals surface area contributed by atoms with Crippen LogP contribution in [0.5, 0.6) is 0 Å². The largest absolute Gasteiger partial charge is 0.473 e. The topological polar surface area (TPSA) is 99.8 Å². The van der Waals surface area contributed by atoms with E-state index >= 15 is 0 Å². The Morgan fingerprint density at radius 3 is 2.32 bits per heavy atom. The van der Waals surface area contributed by atoms with Crippen LogP contribution in [0.1, 0.15) is 11.3 Å². The maximum Gasteiger partial charge on any atom is 0.414 e. The number of carboxylic acid groups (broad SMARTS) is 2. The molecule has 1 aromatic carbocycles. The number of halogens is 1. The SMILES string of the molecule is Fc1ccccc1CCNCc1ccco1.O=C(O)C(=O)O. The molecule has 0 unspecified atom stereocenters. The Morgan fingerprint density at radius 2 is 1.77 bits per heavy atom. The monoisotopic (exact) mass is 309 g/mol. The van der Waals surface area contributed by atoms with E-state index in [0.29, 0.717) is 13.0 Å². The molecule has 0 atom stereocenters. The lowest BCUT2D eigenvalue weighted by molar-refractivity contribution is -0.159. The Kier molecular flexibility index (Phi) is 7.35.